The Bertz CT molecular complexity index is 688. The fourth-order valence-electron chi connectivity index (χ4n) is 2.04. The van der Waals surface area contributed by atoms with Gasteiger partial charge in [-0.1, -0.05) is 5.21 Å². The van der Waals surface area contributed by atoms with Crippen molar-refractivity contribution in [2.45, 2.75) is 13.1 Å². The van der Waals surface area contributed by atoms with E-state index in [0.717, 1.165) is 16.8 Å². The molecule has 0 aliphatic carbocycles. The van der Waals surface area contributed by atoms with Crippen LogP contribution in [0.2, 0.25) is 0 Å². The second-order valence-corrected chi connectivity index (χ2v) is 4.14. The number of nitrogens with two attached hydrogens (primary N) is 1. The van der Waals surface area contributed by atoms with Crippen molar-refractivity contribution in [1.29, 1.82) is 0 Å². The Hall–Kier alpha value is -2.57. The highest BCUT2D eigenvalue weighted by Crippen LogP contribution is 2.22. The first-order valence-corrected chi connectivity index (χ1v) is 5.92. The summed E-state index contributed by atoms with van der Waals surface area (Å²) in [4.78, 5) is 4.33. The van der Waals surface area contributed by atoms with Crippen LogP contribution in [-0.2, 0) is 13.1 Å². The summed E-state index contributed by atoms with van der Waals surface area (Å²) in [6, 6.07) is 5.70. The van der Waals surface area contributed by atoms with Gasteiger partial charge in [0, 0.05) is 18.8 Å². The predicted molar refractivity (Wildman–Crippen MR) is 70.7 cm³/mol. The molecule has 3 aromatic rings. The zero-order valence-corrected chi connectivity index (χ0v) is 10.5. The van der Waals surface area contributed by atoms with E-state index in [9.17, 15) is 0 Å². The molecule has 0 aliphatic heterocycles. The maximum atomic E-state index is 5.95. The maximum Gasteiger partial charge on any atom is 0.201 e. The summed E-state index contributed by atoms with van der Waals surface area (Å²) in [5.41, 5.74) is 7.76. The average Bonchev–Trinajstić information content (AvgIpc) is 3.03. The molecule has 2 heterocycles. The molecule has 7 heteroatoms. The number of benzene rings is 1. The van der Waals surface area contributed by atoms with Gasteiger partial charge in [-0.3, -0.25) is 4.68 Å². The lowest BCUT2D eigenvalue weighted by Crippen LogP contribution is -2.10. The van der Waals surface area contributed by atoms with Crippen molar-refractivity contribution in [1.82, 2.24) is 24.5 Å². The molecule has 0 fully saturated rings. The SMILES string of the molecule is COc1ccc2nc(N)n(CCn3ccnn3)c2c1. The summed E-state index contributed by atoms with van der Waals surface area (Å²) < 4.78 is 8.93. The van der Waals surface area contributed by atoms with Crippen molar-refractivity contribution in [3.8, 4) is 5.75 Å². The number of fused-ring (bicyclic) bond motifs is 1. The van der Waals surface area contributed by atoms with Crippen LogP contribution in [0.15, 0.2) is 30.6 Å². The molecule has 19 heavy (non-hydrogen) atoms. The van der Waals surface area contributed by atoms with Crippen LogP contribution in [0.4, 0.5) is 5.95 Å². The molecule has 2 aromatic heterocycles. The van der Waals surface area contributed by atoms with Crippen LogP contribution in [0.25, 0.3) is 11.0 Å². The molecule has 98 valence electrons. The summed E-state index contributed by atoms with van der Waals surface area (Å²) in [7, 11) is 1.64. The van der Waals surface area contributed by atoms with Crippen molar-refractivity contribution in [2.75, 3.05) is 12.8 Å². The number of imidazole rings is 1. The normalized spacial score (nSPS) is 11.0. The number of aromatic nitrogens is 5. The highest BCUT2D eigenvalue weighted by atomic mass is 16.5. The molecule has 0 saturated heterocycles. The Morgan fingerprint density at radius 1 is 1.32 bits per heavy atom. The van der Waals surface area contributed by atoms with Crippen LogP contribution < -0.4 is 10.5 Å². The largest absolute Gasteiger partial charge is 0.497 e. The summed E-state index contributed by atoms with van der Waals surface area (Å²) in [5.74, 6) is 1.28. The van der Waals surface area contributed by atoms with Gasteiger partial charge < -0.3 is 15.0 Å². The fourth-order valence-corrected chi connectivity index (χ4v) is 2.04. The Balaban J connectivity index is 1.94. The van der Waals surface area contributed by atoms with Crippen LogP contribution >= 0.6 is 0 Å². The number of rotatable bonds is 4. The third-order valence-electron chi connectivity index (χ3n) is 3.01. The van der Waals surface area contributed by atoms with Crippen LogP contribution in [0.3, 0.4) is 0 Å². The van der Waals surface area contributed by atoms with Gasteiger partial charge in [-0.15, -0.1) is 5.10 Å². The lowest BCUT2D eigenvalue weighted by atomic mass is 10.3. The quantitative estimate of drug-likeness (QED) is 0.752. The summed E-state index contributed by atoms with van der Waals surface area (Å²) in [5, 5.41) is 7.70. The van der Waals surface area contributed by atoms with Gasteiger partial charge in [-0.2, -0.15) is 0 Å². The van der Waals surface area contributed by atoms with Gasteiger partial charge in [0.15, 0.2) is 0 Å². The number of nitrogen functional groups attached to an aromatic ring is 1. The first-order valence-electron chi connectivity index (χ1n) is 5.92. The van der Waals surface area contributed by atoms with E-state index in [4.69, 9.17) is 10.5 Å². The van der Waals surface area contributed by atoms with Crippen molar-refractivity contribution >= 4 is 17.0 Å². The van der Waals surface area contributed by atoms with Gasteiger partial charge >= 0.3 is 0 Å². The Labute approximate surface area is 109 Å². The second-order valence-electron chi connectivity index (χ2n) is 4.14. The van der Waals surface area contributed by atoms with Crippen LogP contribution in [0.1, 0.15) is 0 Å². The molecule has 1 aromatic carbocycles. The molecule has 0 amide bonds. The third-order valence-corrected chi connectivity index (χ3v) is 3.01. The van der Waals surface area contributed by atoms with Crippen LogP contribution in [0.5, 0.6) is 5.75 Å². The first kappa shape index (κ1) is 11.5. The Kier molecular flexibility index (Phi) is 2.79. The molecule has 0 atom stereocenters. The summed E-state index contributed by atoms with van der Waals surface area (Å²) in [6.07, 6.45) is 3.47. The third kappa shape index (κ3) is 2.10. The molecule has 7 nitrogen and oxygen atoms in total. The topological polar surface area (TPSA) is 83.8 Å². The number of nitrogens with zero attached hydrogens (tertiary/aromatic N) is 5. The average molecular weight is 258 g/mol. The zero-order chi connectivity index (χ0) is 13.2. The van der Waals surface area contributed by atoms with E-state index in [2.05, 4.69) is 15.3 Å². The smallest absolute Gasteiger partial charge is 0.201 e. The number of methoxy groups -OCH3 is 1. The predicted octanol–water partition coefficient (Wildman–Crippen LogP) is 0.919. The maximum absolute atomic E-state index is 5.95. The minimum atomic E-state index is 0.489. The van der Waals surface area contributed by atoms with E-state index in [1.165, 1.54) is 0 Å². The summed E-state index contributed by atoms with van der Waals surface area (Å²) in [6.45, 7) is 1.37. The van der Waals surface area contributed by atoms with Crippen molar-refractivity contribution in [3.63, 3.8) is 0 Å². The minimum absolute atomic E-state index is 0.489. The molecule has 0 bridgehead atoms. The first-order chi connectivity index (χ1) is 9.28. The van der Waals surface area contributed by atoms with Gasteiger partial charge in [0.1, 0.15) is 5.75 Å². The van der Waals surface area contributed by atoms with E-state index in [1.807, 2.05) is 29.0 Å². The van der Waals surface area contributed by atoms with Crippen LogP contribution in [0, 0.1) is 0 Å². The Morgan fingerprint density at radius 2 is 2.21 bits per heavy atom. The van der Waals surface area contributed by atoms with Crippen molar-refractivity contribution < 1.29 is 4.74 Å². The minimum Gasteiger partial charge on any atom is -0.497 e. The number of anilines is 1. The molecule has 0 unspecified atom stereocenters. The Morgan fingerprint density at radius 3 is 2.95 bits per heavy atom. The van der Waals surface area contributed by atoms with E-state index in [0.29, 0.717) is 19.0 Å². The molecule has 0 spiro atoms. The summed E-state index contributed by atoms with van der Waals surface area (Å²) >= 11 is 0. The number of ether oxygens (including phenoxy) is 1. The molecule has 2 N–H and O–H groups in total. The molecule has 0 saturated carbocycles. The van der Waals surface area contributed by atoms with E-state index in [-0.39, 0.29) is 0 Å². The molecule has 0 aliphatic rings. The lowest BCUT2D eigenvalue weighted by Gasteiger charge is -2.07. The van der Waals surface area contributed by atoms with Gasteiger partial charge in [0.25, 0.3) is 0 Å². The zero-order valence-electron chi connectivity index (χ0n) is 10.5. The van der Waals surface area contributed by atoms with Gasteiger partial charge in [-0.05, 0) is 12.1 Å². The van der Waals surface area contributed by atoms with Crippen LogP contribution in [-0.4, -0.2) is 31.7 Å². The molecular formula is C12H14N6O. The molecular weight excluding hydrogens is 244 g/mol. The number of hydrogen-bond donors (Lipinski definition) is 1. The van der Waals surface area contributed by atoms with Gasteiger partial charge in [0.2, 0.25) is 5.95 Å². The highest BCUT2D eigenvalue weighted by molar-refractivity contribution is 5.79. The van der Waals surface area contributed by atoms with E-state index in [1.54, 1.807) is 18.0 Å². The van der Waals surface area contributed by atoms with E-state index < -0.39 is 0 Å². The molecule has 3 rings (SSSR count). The number of aryl methyl sites for hydroxylation is 2. The lowest BCUT2D eigenvalue weighted by molar-refractivity contribution is 0.415. The monoisotopic (exact) mass is 258 g/mol. The number of hydrogen-bond acceptors (Lipinski definition) is 5. The standard InChI is InChI=1S/C12H14N6O/c1-19-9-2-3-10-11(8-9)18(12(13)15-10)7-6-17-5-4-14-16-17/h2-5,8H,6-7H2,1H3,(H2,13,15). The second kappa shape index (κ2) is 4.60. The van der Waals surface area contributed by atoms with Crippen molar-refractivity contribution in [3.05, 3.63) is 30.6 Å². The van der Waals surface area contributed by atoms with Gasteiger partial charge in [0.05, 0.1) is 30.9 Å². The van der Waals surface area contributed by atoms with Gasteiger partial charge in [-0.25, -0.2) is 4.98 Å². The molecule has 0 radical (unpaired) electrons. The fraction of sp³-hybridized carbons (Fsp3) is 0.250. The van der Waals surface area contributed by atoms with Crippen molar-refractivity contribution in [2.24, 2.45) is 0 Å². The van der Waals surface area contributed by atoms with E-state index >= 15 is 0 Å². The highest BCUT2D eigenvalue weighted by Gasteiger charge is 2.09.